The highest BCUT2D eigenvalue weighted by Crippen LogP contribution is 2.22. The molecule has 1 aromatic rings. The molecule has 19 heavy (non-hydrogen) atoms. The Bertz CT molecular complexity index is 400. The Morgan fingerprint density at radius 1 is 1.21 bits per heavy atom. The van der Waals surface area contributed by atoms with Crippen LogP contribution in [-0.2, 0) is 14.3 Å². The van der Waals surface area contributed by atoms with Crippen molar-refractivity contribution in [2.75, 3.05) is 0 Å². The lowest BCUT2D eigenvalue weighted by molar-refractivity contribution is -0.153. The Labute approximate surface area is 113 Å². The van der Waals surface area contributed by atoms with E-state index in [2.05, 4.69) is 6.92 Å². The van der Waals surface area contributed by atoms with Crippen LogP contribution >= 0.6 is 0 Å². The molecule has 0 aliphatic carbocycles. The molecule has 0 amide bonds. The first kappa shape index (κ1) is 15.2. The molecule has 0 aromatic heterocycles. The second-order valence-corrected chi connectivity index (χ2v) is 4.44. The van der Waals surface area contributed by atoms with Crippen LogP contribution in [0.25, 0.3) is 0 Å². The number of carbonyl (C=O) groups excluding carboxylic acids is 1. The van der Waals surface area contributed by atoms with Crippen LogP contribution in [-0.4, -0.2) is 17.0 Å². The number of hydrogen-bond donors (Lipinski definition) is 1. The van der Waals surface area contributed by atoms with Crippen LogP contribution < -0.4 is 0 Å². The maximum absolute atomic E-state index is 11.7. The number of esters is 1. The SMILES string of the molecule is CCCCCC(=O)OC(CC(=O)O)c1ccccc1. The lowest BCUT2D eigenvalue weighted by Gasteiger charge is -2.16. The van der Waals surface area contributed by atoms with Crippen LogP contribution in [0, 0.1) is 0 Å². The zero-order chi connectivity index (χ0) is 14.1. The first-order valence-electron chi connectivity index (χ1n) is 6.59. The van der Waals surface area contributed by atoms with Crippen molar-refractivity contribution < 1.29 is 19.4 Å². The zero-order valence-electron chi connectivity index (χ0n) is 11.2. The number of hydrogen-bond acceptors (Lipinski definition) is 3. The first-order chi connectivity index (χ1) is 9.13. The minimum atomic E-state index is -0.977. The molecule has 0 fully saturated rings. The molecule has 1 N–H and O–H groups in total. The number of rotatable bonds is 8. The van der Waals surface area contributed by atoms with Gasteiger partial charge in [-0.2, -0.15) is 0 Å². The molecular weight excluding hydrogens is 244 g/mol. The maximum Gasteiger partial charge on any atom is 0.307 e. The summed E-state index contributed by atoms with van der Waals surface area (Å²) in [6, 6.07) is 8.98. The van der Waals surface area contributed by atoms with Gasteiger partial charge in [0.05, 0.1) is 6.42 Å². The predicted octanol–water partition coefficient (Wildman–Crippen LogP) is 3.33. The Morgan fingerprint density at radius 3 is 2.47 bits per heavy atom. The van der Waals surface area contributed by atoms with Crippen molar-refractivity contribution in [2.24, 2.45) is 0 Å². The van der Waals surface area contributed by atoms with E-state index in [1.54, 1.807) is 24.3 Å². The molecule has 0 aliphatic rings. The molecule has 104 valence electrons. The van der Waals surface area contributed by atoms with E-state index in [1.165, 1.54) is 0 Å². The van der Waals surface area contributed by atoms with Gasteiger partial charge in [0.25, 0.3) is 0 Å². The van der Waals surface area contributed by atoms with Gasteiger partial charge in [0.15, 0.2) is 0 Å². The van der Waals surface area contributed by atoms with Crippen molar-refractivity contribution in [3.63, 3.8) is 0 Å². The number of benzene rings is 1. The number of ether oxygens (including phenoxy) is 1. The normalized spacial score (nSPS) is 11.8. The number of unbranched alkanes of at least 4 members (excludes halogenated alkanes) is 2. The molecule has 0 heterocycles. The van der Waals surface area contributed by atoms with E-state index in [4.69, 9.17) is 9.84 Å². The molecule has 0 radical (unpaired) electrons. The molecule has 0 spiro atoms. The minimum absolute atomic E-state index is 0.205. The fourth-order valence-corrected chi connectivity index (χ4v) is 1.79. The molecule has 1 rings (SSSR count). The van der Waals surface area contributed by atoms with E-state index >= 15 is 0 Å². The van der Waals surface area contributed by atoms with Crippen molar-refractivity contribution in [1.82, 2.24) is 0 Å². The fraction of sp³-hybridized carbons (Fsp3) is 0.467. The van der Waals surface area contributed by atoms with Gasteiger partial charge < -0.3 is 9.84 Å². The highest BCUT2D eigenvalue weighted by atomic mass is 16.5. The van der Waals surface area contributed by atoms with E-state index in [1.807, 2.05) is 6.07 Å². The smallest absolute Gasteiger partial charge is 0.307 e. The fourth-order valence-electron chi connectivity index (χ4n) is 1.79. The topological polar surface area (TPSA) is 63.6 Å². The number of carboxylic acid groups (broad SMARTS) is 1. The summed E-state index contributed by atoms with van der Waals surface area (Å²) < 4.78 is 5.27. The van der Waals surface area contributed by atoms with E-state index < -0.39 is 12.1 Å². The molecule has 1 atom stereocenters. The lowest BCUT2D eigenvalue weighted by Crippen LogP contribution is -2.14. The van der Waals surface area contributed by atoms with Crippen molar-refractivity contribution in [3.05, 3.63) is 35.9 Å². The van der Waals surface area contributed by atoms with Gasteiger partial charge in [-0.05, 0) is 12.0 Å². The lowest BCUT2D eigenvalue weighted by atomic mass is 10.1. The summed E-state index contributed by atoms with van der Waals surface area (Å²) in [5.74, 6) is -1.31. The van der Waals surface area contributed by atoms with Crippen molar-refractivity contribution in [2.45, 2.75) is 45.1 Å². The predicted molar refractivity (Wildman–Crippen MR) is 71.7 cm³/mol. The van der Waals surface area contributed by atoms with E-state index in [0.29, 0.717) is 12.0 Å². The van der Waals surface area contributed by atoms with E-state index in [-0.39, 0.29) is 12.4 Å². The van der Waals surface area contributed by atoms with Gasteiger partial charge in [-0.3, -0.25) is 9.59 Å². The summed E-state index contributed by atoms with van der Waals surface area (Å²) >= 11 is 0. The molecule has 4 heteroatoms. The summed E-state index contributed by atoms with van der Waals surface area (Å²) in [5.41, 5.74) is 0.716. The van der Waals surface area contributed by atoms with Crippen LogP contribution in [0.15, 0.2) is 30.3 Å². The van der Waals surface area contributed by atoms with Gasteiger partial charge >= 0.3 is 11.9 Å². The summed E-state index contributed by atoms with van der Waals surface area (Å²) in [7, 11) is 0. The largest absolute Gasteiger partial charge is 0.481 e. The van der Waals surface area contributed by atoms with Gasteiger partial charge in [-0.15, -0.1) is 0 Å². The second-order valence-electron chi connectivity index (χ2n) is 4.44. The van der Waals surface area contributed by atoms with Crippen LogP contribution in [0.2, 0.25) is 0 Å². The Balaban J connectivity index is 2.60. The van der Waals surface area contributed by atoms with Gasteiger partial charge in [0.1, 0.15) is 6.10 Å². The van der Waals surface area contributed by atoms with Crippen LogP contribution in [0.4, 0.5) is 0 Å². The Morgan fingerprint density at radius 2 is 1.89 bits per heavy atom. The summed E-state index contributed by atoms with van der Waals surface area (Å²) in [6.45, 7) is 2.06. The number of carboxylic acids is 1. The van der Waals surface area contributed by atoms with Gasteiger partial charge in [-0.1, -0.05) is 50.1 Å². The summed E-state index contributed by atoms with van der Waals surface area (Å²) in [4.78, 5) is 22.5. The standard InChI is InChI=1S/C15H20O4/c1-2-3-5-10-15(18)19-13(11-14(16)17)12-8-6-4-7-9-12/h4,6-9,13H,2-3,5,10-11H2,1H3,(H,16,17). The van der Waals surface area contributed by atoms with Gasteiger partial charge in [0, 0.05) is 6.42 Å². The van der Waals surface area contributed by atoms with Crippen molar-refractivity contribution in [3.8, 4) is 0 Å². The quantitative estimate of drug-likeness (QED) is 0.578. The van der Waals surface area contributed by atoms with Crippen LogP contribution in [0.1, 0.15) is 50.7 Å². The maximum atomic E-state index is 11.7. The zero-order valence-corrected chi connectivity index (χ0v) is 11.2. The third-order valence-corrected chi connectivity index (χ3v) is 2.79. The third-order valence-electron chi connectivity index (χ3n) is 2.79. The molecule has 4 nitrogen and oxygen atoms in total. The molecule has 0 saturated heterocycles. The molecule has 0 aliphatic heterocycles. The van der Waals surface area contributed by atoms with E-state index in [9.17, 15) is 9.59 Å². The minimum Gasteiger partial charge on any atom is -0.481 e. The van der Waals surface area contributed by atoms with Crippen LogP contribution in [0.3, 0.4) is 0 Å². The monoisotopic (exact) mass is 264 g/mol. The summed E-state index contributed by atoms with van der Waals surface area (Å²) in [6.07, 6.45) is 2.23. The molecular formula is C15H20O4. The molecule has 1 aromatic carbocycles. The van der Waals surface area contributed by atoms with Crippen LogP contribution in [0.5, 0.6) is 0 Å². The third kappa shape index (κ3) is 6.04. The Kier molecular flexibility index (Phi) is 6.64. The van der Waals surface area contributed by atoms with Gasteiger partial charge in [0.2, 0.25) is 0 Å². The molecule has 0 saturated carbocycles. The highest BCUT2D eigenvalue weighted by Gasteiger charge is 2.19. The second kappa shape index (κ2) is 8.29. The highest BCUT2D eigenvalue weighted by molar-refractivity contribution is 5.71. The molecule has 1 unspecified atom stereocenters. The van der Waals surface area contributed by atoms with Gasteiger partial charge in [-0.25, -0.2) is 0 Å². The Hall–Kier alpha value is -1.84. The van der Waals surface area contributed by atoms with Crippen molar-refractivity contribution >= 4 is 11.9 Å². The number of carbonyl (C=O) groups is 2. The average molecular weight is 264 g/mol. The number of aliphatic carboxylic acids is 1. The average Bonchev–Trinajstić information content (AvgIpc) is 2.39. The summed E-state index contributed by atoms with van der Waals surface area (Å²) in [5, 5.41) is 8.88. The molecule has 0 bridgehead atoms. The van der Waals surface area contributed by atoms with Crippen molar-refractivity contribution in [1.29, 1.82) is 0 Å². The van der Waals surface area contributed by atoms with E-state index in [0.717, 1.165) is 19.3 Å². The first-order valence-corrected chi connectivity index (χ1v) is 6.59.